The number of hydrogen-bond donors (Lipinski definition) is 3. The van der Waals surface area contributed by atoms with E-state index in [9.17, 15) is 43.8 Å². The first-order valence-electron chi connectivity index (χ1n) is 22.8. The quantitative estimate of drug-likeness (QED) is 0.0982. The standard InChI is InChI=1S/C43H71N7O9S.Gd.H2O/c1-30(40(54)45-28-36(52)44-17-18-50-37(53)27-35(60)41(50)55)46-19-23-48(38(42(56)57)32-13-7-3-8-14-32)25-21-47(34(29-51)31-11-5-2-6-12-31)22-26-49(24-20-46)39(43(58)59)33-15-9-4-10-16-33;;/h29-35,38-39,60H,2-28H2,1H3,(H,44,52)(H,45,54)(H,56,57)(H,58,59);;1H2/q;+3;/p-3/t30?,34-,35?,38+,39+;;/m0../s1. The summed E-state index contributed by atoms with van der Waals surface area (Å²) < 4.78 is 0. The van der Waals surface area contributed by atoms with Gasteiger partial charge in [0.1, 0.15) is 6.29 Å². The van der Waals surface area contributed by atoms with Crippen molar-refractivity contribution in [3.05, 3.63) is 0 Å². The van der Waals surface area contributed by atoms with Crippen molar-refractivity contribution in [2.75, 3.05) is 72.0 Å². The number of rotatable bonds is 16. The molecule has 0 spiro atoms. The van der Waals surface area contributed by atoms with Crippen LogP contribution in [0.25, 0.3) is 0 Å². The van der Waals surface area contributed by atoms with Crippen molar-refractivity contribution < 1.29 is 89.2 Å². The molecule has 2 aliphatic heterocycles. The molecule has 5 aliphatic rings. The van der Waals surface area contributed by atoms with Crippen LogP contribution >= 0.6 is 12.6 Å². The normalized spacial score (nSPS) is 24.9. The van der Waals surface area contributed by atoms with Gasteiger partial charge in [0.15, 0.2) is 0 Å². The fourth-order valence-electron chi connectivity index (χ4n) is 10.6. The van der Waals surface area contributed by atoms with E-state index in [1.54, 1.807) is 6.92 Å². The molecule has 0 aromatic carbocycles. The molecule has 5 rings (SSSR count). The minimum Gasteiger partial charge on any atom is -0.870 e. The zero-order valence-corrected chi connectivity index (χ0v) is 39.6. The second-order valence-electron chi connectivity index (χ2n) is 17.8. The number of carbonyl (C=O) groups is 7. The van der Waals surface area contributed by atoms with E-state index in [2.05, 4.69) is 28.2 Å². The molecule has 2 heterocycles. The van der Waals surface area contributed by atoms with Gasteiger partial charge in [0.05, 0.1) is 47.9 Å². The van der Waals surface area contributed by atoms with Crippen molar-refractivity contribution >= 4 is 54.5 Å². The van der Waals surface area contributed by atoms with Gasteiger partial charge >= 0.3 is 39.9 Å². The molecule has 3 N–H and O–H groups in total. The van der Waals surface area contributed by atoms with Gasteiger partial charge in [0.2, 0.25) is 23.6 Å². The third kappa shape index (κ3) is 15.4. The summed E-state index contributed by atoms with van der Waals surface area (Å²) in [7, 11) is 0. The number of amides is 4. The van der Waals surface area contributed by atoms with Crippen LogP contribution in [0.15, 0.2) is 0 Å². The topological polar surface area (TPSA) is 236 Å². The molecule has 1 radical (unpaired) electrons. The Kier molecular flexibility index (Phi) is 24.3. The van der Waals surface area contributed by atoms with Crippen LogP contribution in [0.5, 0.6) is 0 Å². The predicted octanol–water partition coefficient (Wildman–Crippen LogP) is -0.745. The average Bonchev–Trinajstić information content (AvgIpc) is 3.48. The van der Waals surface area contributed by atoms with Crippen molar-refractivity contribution in [3.8, 4) is 0 Å². The number of likely N-dealkylation sites (tertiary alicyclic amines) is 1. The second kappa shape index (κ2) is 27.6. The van der Waals surface area contributed by atoms with Crippen LogP contribution in [0.4, 0.5) is 0 Å². The van der Waals surface area contributed by atoms with Crippen molar-refractivity contribution in [2.24, 2.45) is 17.8 Å². The van der Waals surface area contributed by atoms with E-state index < -0.39 is 53.0 Å². The number of aldehydes is 1. The number of nitrogens with one attached hydrogen (secondary N) is 2. The van der Waals surface area contributed by atoms with Gasteiger partial charge in [-0.2, -0.15) is 12.6 Å². The molecule has 0 aromatic rings. The first kappa shape index (κ1) is 54.5. The second-order valence-corrected chi connectivity index (χ2v) is 18.5. The maximum atomic E-state index is 13.8. The summed E-state index contributed by atoms with van der Waals surface area (Å²) in [4.78, 5) is 99.0. The molecule has 0 aromatic heterocycles. The van der Waals surface area contributed by atoms with E-state index in [0.717, 1.165) is 107 Å². The molecule has 2 saturated heterocycles. The summed E-state index contributed by atoms with van der Waals surface area (Å²) in [6.45, 7) is 4.12. The third-order valence-corrected chi connectivity index (χ3v) is 14.5. The molecular weight excluding hydrogens is 964 g/mol. The summed E-state index contributed by atoms with van der Waals surface area (Å²) >= 11 is 4.12. The third-order valence-electron chi connectivity index (χ3n) is 14.1. The van der Waals surface area contributed by atoms with Gasteiger partial charge in [0.25, 0.3) is 0 Å². The van der Waals surface area contributed by atoms with Gasteiger partial charge in [-0.3, -0.25) is 43.7 Å². The number of nitrogens with zero attached hydrogens (tertiary/aromatic N) is 5. The van der Waals surface area contributed by atoms with Crippen LogP contribution in [-0.2, 0) is 33.6 Å². The SMILES string of the molecule is CC(C(=O)NCC(=O)NCCN1C(=O)CC(S)C1=O)N1CCN([C@@H](C(=O)[O-])C2CCCCC2)CCN([C@@H](C=O)C2CCCCC2)CCN([C@@H](C(=O)[O-])C2CCCCC2)CC1.[Gd+3].[OH-]. The maximum Gasteiger partial charge on any atom is 3.00 e. The van der Waals surface area contributed by atoms with Crippen molar-refractivity contribution in [3.63, 3.8) is 0 Å². The van der Waals surface area contributed by atoms with Crippen LogP contribution in [-0.4, -0.2) is 173 Å². The van der Waals surface area contributed by atoms with E-state index in [4.69, 9.17) is 0 Å². The predicted molar refractivity (Wildman–Crippen MR) is 225 cm³/mol. The molecule has 3 aliphatic carbocycles. The Labute approximate surface area is 404 Å². The van der Waals surface area contributed by atoms with Gasteiger partial charge in [-0.15, -0.1) is 0 Å². The van der Waals surface area contributed by atoms with Gasteiger partial charge < -0.3 is 40.7 Å². The summed E-state index contributed by atoms with van der Waals surface area (Å²) in [6.07, 6.45) is 15.2. The van der Waals surface area contributed by atoms with Gasteiger partial charge in [-0.05, 0) is 63.2 Å². The number of imide groups is 1. The minimum atomic E-state index is -1.12. The molecule has 5 atom stereocenters. The molecule has 62 heavy (non-hydrogen) atoms. The molecule has 4 amide bonds. The van der Waals surface area contributed by atoms with Crippen molar-refractivity contribution in [1.82, 2.24) is 35.1 Å². The molecule has 3 saturated carbocycles. The molecule has 19 heteroatoms. The molecule has 2 unspecified atom stereocenters. The van der Waals surface area contributed by atoms with E-state index in [0.29, 0.717) is 39.3 Å². The number of thiol groups is 1. The smallest absolute Gasteiger partial charge is 0.870 e. The van der Waals surface area contributed by atoms with Crippen molar-refractivity contribution in [1.29, 1.82) is 0 Å². The molecular formula is C43H70GdN7O10S. The van der Waals surface area contributed by atoms with Gasteiger partial charge in [-0.25, -0.2) is 0 Å². The summed E-state index contributed by atoms with van der Waals surface area (Å²) in [5.74, 6) is -3.93. The fraction of sp³-hybridized carbons (Fsp3) is 0.837. The first-order valence-corrected chi connectivity index (χ1v) is 23.3. The Bertz CT molecular complexity index is 1430. The van der Waals surface area contributed by atoms with E-state index >= 15 is 0 Å². The van der Waals surface area contributed by atoms with Crippen LogP contribution < -0.4 is 20.8 Å². The summed E-state index contributed by atoms with van der Waals surface area (Å²) in [5.41, 5.74) is 0. The van der Waals surface area contributed by atoms with Crippen LogP contribution in [0.2, 0.25) is 0 Å². The number of carboxylic acids is 2. The first-order chi connectivity index (χ1) is 28.9. The largest absolute Gasteiger partial charge is 3.00 e. The number of hydrogen-bond acceptors (Lipinski definition) is 15. The fourth-order valence-corrected chi connectivity index (χ4v) is 10.9. The molecule has 17 nitrogen and oxygen atoms in total. The maximum absolute atomic E-state index is 13.8. The minimum absolute atomic E-state index is 0. The monoisotopic (exact) mass is 1030 g/mol. The van der Waals surface area contributed by atoms with E-state index in [1.165, 1.54) is 0 Å². The Morgan fingerprint density at radius 3 is 1.50 bits per heavy atom. The zero-order chi connectivity index (χ0) is 43.2. The number of carbonyl (C=O) groups excluding carboxylic acids is 7. The van der Waals surface area contributed by atoms with Crippen LogP contribution in [0.3, 0.4) is 0 Å². The molecule has 5 fully saturated rings. The Morgan fingerprint density at radius 2 is 1.10 bits per heavy atom. The molecule has 351 valence electrons. The van der Waals surface area contributed by atoms with E-state index in [-0.39, 0.29) is 114 Å². The number of carboxylic acid groups (broad SMARTS) is 2. The van der Waals surface area contributed by atoms with E-state index in [1.807, 2.05) is 14.7 Å². The zero-order valence-electron chi connectivity index (χ0n) is 36.4. The van der Waals surface area contributed by atoms with Gasteiger partial charge in [0, 0.05) is 71.9 Å². The Hall–Kier alpha value is -1.84. The summed E-state index contributed by atoms with van der Waals surface area (Å²) in [5, 5.41) is 30.8. The van der Waals surface area contributed by atoms with Gasteiger partial charge in [-0.1, -0.05) is 57.8 Å². The van der Waals surface area contributed by atoms with Crippen LogP contribution in [0.1, 0.15) is 110 Å². The van der Waals surface area contributed by atoms with Crippen LogP contribution in [0, 0.1) is 57.7 Å². The average molecular weight is 1030 g/mol. The summed E-state index contributed by atoms with van der Waals surface area (Å²) in [6, 6.07) is -2.83. The Balaban J connectivity index is 0.00000512. The molecule has 0 bridgehead atoms. The number of aliphatic carboxylic acids is 2. The Morgan fingerprint density at radius 1 is 0.677 bits per heavy atom. The van der Waals surface area contributed by atoms with Crippen molar-refractivity contribution in [2.45, 2.75) is 139 Å².